The molecule has 0 aliphatic carbocycles. The maximum absolute atomic E-state index is 11.8. The second-order valence-corrected chi connectivity index (χ2v) is 5.19. The maximum Gasteiger partial charge on any atom is 0.357 e. The fourth-order valence-electron chi connectivity index (χ4n) is 1.48. The van der Waals surface area contributed by atoms with Gasteiger partial charge in [-0.2, -0.15) is 5.10 Å². The number of aromatic nitrogens is 2. The van der Waals surface area contributed by atoms with Gasteiger partial charge in [-0.05, 0) is 47.1 Å². The summed E-state index contributed by atoms with van der Waals surface area (Å²) >= 11 is 6.63. The molecule has 0 aliphatic rings. The molecule has 0 saturated heterocycles. The van der Waals surface area contributed by atoms with Crippen molar-refractivity contribution in [2.45, 2.75) is 6.92 Å². The fourth-order valence-corrected chi connectivity index (χ4v) is 2.12. The van der Waals surface area contributed by atoms with Crippen LogP contribution in [0.15, 0.2) is 39.4 Å². The molecule has 0 spiro atoms. The van der Waals surface area contributed by atoms with Crippen molar-refractivity contribution in [3.8, 4) is 5.69 Å². The molecule has 0 bridgehead atoms. The molecule has 94 valence electrons. The van der Waals surface area contributed by atoms with Gasteiger partial charge in [0.05, 0.1) is 12.3 Å². The van der Waals surface area contributed by atoms with E-state index in [9.17, 15) is 4.79 Å². The molecule has 1 aromatic carbocycles. The third kappa shape index (κ3) is 2.81. The average molecular weight is 374 g/mol. The molecule has 18 heavy (non-hydrogen) atoms. The first-order valence-corrected chi connectivity index (χ1v) is 6.89. The van der Waals surface area contributed by atoms with Gasteiger partial charge in [0, 0.05) is 10.5 Å². The molecule has 4 nitrogen and oxygen atoms in total. The normalized spacial score (nSPS) is 10.4. The maximum atomic E-state index is 11.8. The van der Waals surface area contributed by atoms with Crippen molar-refractivity contribution in [3.63, 3.8) is 0 Å². The van der Waals surface area contributed by atoms with Crippen LogP contribution in [0.25, 0.3) is 5.69 Å². The Labute approximate surface area is 121 Å². The topological polar surface area (TPSA) is 44.1 Å². The lowest BCUT2D eigenvalue weighted by molar-refractivity contribution is 0.0516. The number of ether oxygens (including phenoxy) is 1. The van der Waals surface area contributed by atoms with E-state index in [1.807, 2.05) is 24.3 Å². The lowest BCUT2D eigenvalue weighted by Gasteiger charge is -2.06. The molecule has 0 N–H and O–H groups in total. The van der Waals surface area contributed by atoms with Gasteiger partial charge < -0.3 is 4.74 Å². The number of hydrogen-bond acceptors (Lipinski definition) is 3. The summed E-state index contributed by atoms with van der Waals surface area (Å²) in [6.07, 6.45) is 0. The third-order valence-corrected chi connectivity index (χ3v) is 3.15. The zero-order chi connectivity index (χ0) is 13.1. The van der Waals surface area contributed by atoms with Gasteiger partial charge in [-0.1, -0.05) is 15.9 Å². The zero-order valence-corrected chi connectivity index (χ0v) is 12.7. The van der Waals surface area contributed by atoms with Crippen molar-refractivity contribution >= 4 is 37.8 Å². The summed E-state index contributed by atoms with van der Waals surface area (Å²) in [5.41, 5.74) is 1.19. The summed E-state index contributed by atoms with van der Waals surface area (Å²) in [5, 5.41) is 4.23. The van der Waals surface area contributed by atoms with Crippen LogP contribution in [0.5, 0.6) is 0 Å². The second-order valence-electron chi connectivity index (χ2n) is 3.46. The predicted molar refractivity (Wildman–Crippen MR) is 74.9 cm³/mol. The van der Waals surface area contributed by atoms with Crippen LogP contribution in [0.4, 0.5) is 0 Å². The van der Waals surface area contributed by atoms with E-state index in [2.05, 4.69) is 37.0 Å². The predicted octanol–water partition coefficient (Wildman–Crippen LogP) is 3.57. The number of carbonyl (C=O) groups excluding carboxylic acids is 1. The first kappa shape index (κ1) is 13.3. The van der Waals surface area contributed by atoms with Crippen LogP contribution in [0.2, 0.25) is 0 Å². The average Bonchev–Trinajstić information content (AvgIpc) is 2.73. The Morgan fingerprint density at radius 2 is 2.00 bits per heavy atom. The minimum atomic E-state index is -0.390. The van der Waals surface area contributed by atoms with E-state index in [0.717, 1.165) is 10.2 Å². The van der Waals surface area contributed by atoms with Crippen LogP contribution < -0.4 is 0 Å². The summed E-state index contributed by atoms with van der Waals surface area (Å²) in [6.45, 7) is 2.11. The zero-order valence-electron chi connectivity index (χ0n) is 9.56. The molecule has 6 heteroatoms. The van der Waals surface area contributed by atoms with Gasteiger partial charge in [0.15, 0.2) is 5.69 Å². The quantitative estimate of drug-likeness (QED) is 0.772. The van der Waals surface area contributed by atoms with Gasteiger partial charge in [0.25, 0.3) is 0 Å². The highest BCUT2D eigenvalue weighted by Crippen LogP contribution is 2.19. The van der Waals surface area contributed by atoms with Crippen molar-refractivity contribution in [2.75, 3.05) is 6.61 Å². The van der Waals surface area contributed by atoms with Crippen molar-refractivity contribution < 1.29 is 9.53 Å². The van der Waals surface area contributed by atoms with Gasteiger partial charge >= 0.3 is 5.97 Å². The van der Waals surface area contributed by atoms with E-state index < -0.39 is 5.97 Å². The standard InChI is InChI=1S/C12H10Br2N2O2/c1-2-18-12(17)10-7-11(14)15-16(10)9-5-3-8(13)4-6-9/h3-7H,2H2,1H3. The van der Waals surface area contributed by atoms with Crippen LogP contribution in [0.3, 0.4) is 0 Å². The summed E-state index contributed by atoms with van der Waals surface area (Å²) < 4.78 is 8.11. The van der Waals surface area contributed by atoms with Gasteiger partial charge in [-0.15, -0.1) is 0 Å². The van der Waals surface area contributed by atoms with E-state index in [-0.39, 0.29) is 0 Å². The summed E-state index contributed by atoms with van der Waals surface area (Å²) in [7, 11) is 0. The lowest BCUT2D eigenvalue weighted by Crippen LogP contribution is -2.11. The van der Waals surface area contributed by atoms with E-state index in [1.54, 1.807) is 17.7 Å². The molecular weight excluding hydrogens is 364 g/mol. The molecule has 2 rings (SSSR count). The summed E-state index contributed by atoms with van der Waals surface area (Å²) in [5.74, 6) is -0.390. The molecule has 1 aromatic heterocycles. The van der Waals surface area contributed by atoms with E-state index in [4.69, 9.17) is 4.74 Å². The van der Waals surface area contributed by atoms with E-state index in [0.29, 0.717) is 16.9 Å². The molecule has 0 atom stereocenters. The van der Waals surface area contributed by atoms with E-state index in [1.165, 1.54) is 0 Å². The molecule has 0 amide bonds. The van der Waals surface area contributed by atoms with Gasteiger partial charge in [-0.25, -0.2) is 9.48 Å². The number of halogens is 2. The second kappa shape index (κ2) is 5.67. The molecule has 0 aliphatic heterocycles. The molecule has 0 fully saturated rings. The smallest absolute Gasteiger partial charge is 0.357 e. The number of benzene rings is 1. The first-order valence-electron chi connectivity index (χ1n) is 5.30. The van der Waals surface area contributed by atoms with Gasteiger partial charge in [0.2, 0.25) is 0 Å². The highest BCUT2D eigenvalue weighted by Gasteiger charge is 2.16. The Kier molecular flexibility index (Phi) is 4.19. The minimum Gasteiger partial charge on any atom is -0.461 e. The Balaban J connectivity index is 2.44. The van der Waals surface area contributed by atoms with Crippen molar-refractivity contribution in [2.24, 2.45) is 0 Å². The number of carbonyl (C=O) groups is 1. The molecule has 0 radical (unpaired) electrons. The number of rotatable bonds is 3. The fraction of sp³-hybridized carbons (Fsp3) is 0.167. The van der Waals surface area contributed by atoms with Crippen molar-refractivity contribution in [1.29, 1.82) is 0 Å². The molecule has 0 saturated carbocycles. The number of nitrogens with zero attached hydrogens (tertiary/aromatic N) is 2. The Bertz CT molecular complexity index is 564. The number of esters is 1. The first-order chi connectivity index (χ1) is 8.61. The van der Waals surface area contributed by atoms with E-state index >= 15 is 0 Å². The van der Waals surface area contributed by atoms with Crippen LogP contribution in [0, 0.1) is 0 Å². The van der Waals surface area contributed by atoms with Crippen LogP contribution in [-0.2, 0) is 4.74 Å². The highest BCUT2D eigenvalue weighted by atomic mass is 79.9. The lowest BCUT2D eigenvalue weighted by atomic mass is 10.3. The van der Waals surface area contributed by atoms with Gasteiger partial charge in [-0.3, -0.25) is 0 Å². The Morgan fingerprint density at radius 1 is 1.33 bits per heavy atom. The summed E-state index contributed by atoms with van der Waals surface area (Å²) in [6, 6.07) is 9.15. The molecule has 2 aromatic rings. The third-order valence-electron chi connectivity index (χ3n) is 2.24. The Morgan fingerprint density at radius 3 is 2.61 bits per heavy atom. The highest BCUT2D eigenvalue weighted by molar-refractivity contribution is 9.10. The minimum absolute atomic E-state index is 0.335. The summed E-state index contributed by atoms with van der Waals surface area (Å²) in [4.78, 5) is 11.8. The SMILES string of the molecule is CCOC(=O)c1cc(Br)nn1-c1ccc(Br)cc1. The molecule has 0 unspecified atom stereocenters. The van der Waals surface area contributed by atoms with Crippen LogP contribution >= 0.6 is 31.9 Å². The van der Waals surface area contributed by atoms with Gasteiger partial charge in [0.1, 0.15) is 4.60 Å². The molecule has 1 heterocycles. The van der Waals surface area contributed by atoms with Crippen molar-refractivity contribution in [3.05, 3.63) is 45.1 Å². The molecular formula is C12H10Br2N2O2. The van der Waals surface area contributed by atoms with Crippen molar-refractivity contribution in [1.82, 2.24) is 9.78 Å². The Hall–Kier alpha value is -1.14. The van der Waals surface area contributed by atoms with Crippen LogP contribution in [-0.4, -0.2) is 22.4 Å². The van der Waals surface area contributed by atoms with Crippen LogP contribution in [0.1, 0.15) is 17.4 Å². The monoisotopic (exact) mass is 372 g/mol. The largest absolute Gasteiger partial charge is 0.461 e. The number of hydrogen-bond donors (Lipinski definition) is 0.